The summed E-state index contributed by atoms with van der Waals surface area (Å²) < 4.78 is 5.57. The van der Waals surface area contributed by atoms with Crippen LogP contribution in [0.1, 0.15) is 31.2 Å². The van der Waals surface area contributed by atoms with Crippen LogP contribution in [-0.2, 0) is 20.8 Å². The van der Waals surface area contributed by atoms with Gasteiger partial charge in [0.15, 0.2) is 0 Å². The first-order valence-corrected chi connectivity index (χ1v) is 9.13. The molecule has 27 heavy (non-hydrogen) atoms. The smallest absolute Gasteiger partial charge is 0.326 e. The van der Waals surface area contributed by atoms with Crippen LogP contribution in [0.4, 0.5) is 0 Å². The number of nitrogens with zero attached hydrogens (tertiary/aromatic N) is 1. The Labute approximate surface area is 158 Å². The molecule has 0 radical (unpaired) electrons. The van der Waals surface area contributed by atoms with Crippen molar-refractivity contribution in [2.24, 2.45) is 0 Å². The lowest BCUT2D eigenvalue weighted by Crippen LogP contribution is -2.45. The Balaban J connectivity index is 1.78. The maximum absolute atomic E-state index is 12.2. The maximum atomic E-state index is 12.2. The third kappa shape index (κ3) is 6.56. The van der Waals surface area contributed by atoms with E-state index in [2.05, 4.69) is 5.32 Å². The van der Waals surface area contributed by atoms with Gasteiger partial charge in [0.2, 0.25) is 11.8 Å². The van der Waals surface area contributed by atoms with Gasteiger partial charge in [-0.2, -0.15) is 0 Å². The van der Waals surface area contributed by atoms with Gasteiger partial charge in [0.05, 0.1) is 19.6 Å². The van der Waals surface area contributed by atoms with E-state index in [4.69, 9.17) is 14.9 Å². The summed E-state index contributed by atoms with van der Waals surface area (Å²) in [5.41, 5.74) is 0.754. The van der Waals surface area contributed by atoms with Gasteiger partial charge in [-0.3, -0.25) is 9.59 Å². The summed E-state index contributed by atoms with van der Waals surface area (Å²) in [6.45, 7) is 0.819. The summed E-state index contributed by atoms with van der Waals surface area (Å²) in [6, 6.07) is 6.35. The van der Waals surface area contributed by atoms with Crippen molar-refractivity contribution < 1.29 is 29.3 Å². The van der Waals surface area contributed by atoms with Crippen LogP contribution in [0.2, 0.25) is 0 Å². The summed E-state index contributed by atoms with van der Waals surface area (Å²) in [4.78, 5) is 36.7. The molecular weight excluding hydrogens is 352 g/mol. The highest BCUT2D eigenvalue weighted by atomic mass is 16.5. The number of carbonyl (C=O) groups is 3. The van der Waals surface area contributed by atoms with Crippen molar-refractivity contribution in [3.63, 3.8) is 0 Å². The Kier molecular flexibility index (Phi) is 8.06. The lowest BCUT2D eigenvalue weighted by Gasteiger charge is -2.21. The molecule has 0 bridgehead atoms. The standard InChI is InChI=1S/C19H26N2O6/c22-9-1-2-10-27-15-6-3-5-14(11-15)12-17(23)20-13-18(24)21-8-4-7-16(21)19(25)26/h3,5-6,11,16,22H,1-2,4,7-10,12-13H2,(H,20,23)(H,25,26). The fourth-order valence-electron chi connectivity index (χ4n) is 2.99. The first-order chi connectivity index (χ1) is 13.0. The van der Waals surface area contributed by atoms with Crippen LogP contribution in [0, 0.1) is 0 Å². The molecule has 2 amide bonds. The molecule has 0 spiro atoms. The molecular formula is C19H26N2O6. The van der Waals surface area contributed by atoms with E-state index in [1.165, 1.54) is 4.90 Å². The first kappa shape index (κ1) is 20.7. The molecule has 0 aromatic heterocycles. The molecule has 0 aliphatic carbocycles. The van der Waals surface area contributed by atoms with Crippen LogP contribution in [-0.4, -0.2) is 65.2 Å². The van der Waals surface area contributed by atoms with Gasteiger partial charge in [-0.1, -0.05) is 12.1 Å². The van der Waals surface area contributed by atoms with E-state index < -0.39 is 12.0 Å². The number of aliphatic carboxylic acids is 1. The number of amides is 2. The van der Waals surface area contributed by atoms with Crippen LogP contribution in [0.15, 0.2) is 24.3 Å². The number of likely N-dealkylation sites (tertiary alicyclic amines) is 1. The number of benzene rings is 1. The molecule has 1 aliphatic rings. The molecule has 0 saturated carbocycles. The Morgan fingerprint density at radius 2 is 2.07 bits per heavy atom. The molecule has 1 unspecified atom stereocenters. The van der Waals surface area contributed by atoms with Gasteiger partial charge in [0.1, 0.15) is 11.8 Å². The summed E-state index contributed by atoms with van der Waals surface area (Å²) in [6.07, 6.45) is 2.62. The highest BCUT2D eigenvalue weighted by Gasteiger charge is 2.33. The normalized spacial score (nSPS) is 16.2. The van der Waals surface area contributed by atoms with E-state index in [1.807, 2.05) is 0 Å². The molecule has 148 valence electrons. The van der Waals surface area contributed by atoms with E-state index in [9.17, 15) is 14.4 Å². The SMILES string of the molecule is O=C(Cc1cccc(OCCCCO)c1)NCC(=O)N1CCCC1C(=O)O. The fraction of sp³-hybridized carbons (Fsp3) is 0.526. The molecule has 1 saturated heterocycles. The predicted molar refractivity (Wildman–Crippen MR) is 97.3 cm³/mol. The van der Waals surface area contributed by atoms with Crippen LogP contribution >= 0.6 is 0 Å². The average molecular weight is 378 g/mol. The number of carbonyl (C=O) groups excluding carboxylic acids is 2. The zero-order chi connectivity index (χ0) is 19.6. The number of aliphatic hydroxyl groups is 1. The highest BCUT2D eigenvalue weighted by Crippen LogP contribution is 2.17. The van der Waals surface area contributed by atoms with Crippen molar-refractivity contribution in [1.29, 1.82) is 0 Å². The molecule has 1 aliphatic heterocycles. The Morgan fingerprint density at radius 3 is 2.81 bits per heavy atom. The van der Waals surface area contributed by atoms with E-state index in [0.717, 1.165) is 12.0 Å². The van der Waals surface area contributed by atoms with Gasteiger partial charge in [-0.05, 0) is 43.4 Å². The lowest BCUT2D eigenvalue weighted by atomic mass is 10.1. The van der Waals surface area contributed by atoms with Crippen molar-refractivity contribution in [3.05, 3.63) is 29.8 Å². The fourth-order valence-corrected chi connectivity index (χ4v) is 2.99. The zero-order valence-corrected chi connectivity index (χ0v) is 15.2. The average Bonchev–Trinajstić information content (AvgIpc) is 3.14. The van der Waals surface area contributed by atoms with Gasteiger partial charge in [0.25, 0.3) is 0 Å². The molecule has 1 heterocycles. The van der Waals surface area contributed by atoms with Crippen molar-refractivity contribution >= 4 is 17.8 Å². The summed E-state index contributed by atoms with van der Waals surface area (Å²) in [5, 5.41) is 20.4. The maximum Gasteiger partial charge on any atom is 0.326 e. The third-order valence-corrected chi connectivity index (χ3v) is 4.38. The number of unbranched alkanes of at least 4 members (excludes halogenated alkanes) is 1. The molecule has 1 atom stereocenters. The topological polar surface area (TPSA) is 116 Å². The highest BCUT2D eigenvalue weighted by molar-refractivity contribution is 5.88. The second-order valence-electron chi connectivity index (χ2n) is 6.46. The predicted octanol–water partition coefficient (Wildman–Crippen LogP) is 0.572. The Bertz CT molecular complexity index is 663. The molecule has 2 rings (SSSR count). The number of rotatable bonds is 10. The minimum absolute atomic E-state index is 0.101. The number of nitrogens with one attached hydrogen (secondary N) is 1. The summed E-state index contributed by atoms with van der Waals surface area (Å²) in [5.74, 6) is -1.06. The van der Waals surface area contributed by atoms with Crippen LogP contribution in [0.5, 0.6) is 5.75 Å². The van der Waals surface area contributed by atoms with Gasteiger partial charge in [0, 0.05) is 13.2 Å². The second kappa shape index (κ2) is 10.5. The molecule has 1 aromatic carbocycles. The van der Waals surface area contributed by atoms with E-state index in [0.29, 0.717) is 38.2 Å². The summed E-state index contributed by atoms with van der Waals surface area (Å²) >= 11 is 0. The van der Waals surface area contributed by atoms with Gasteiger partial charge >= 0.3 is 5.97 Å². The monoisotopic (exact) mass is 378 g/mol. The van der Waals surface area contributed by atoms with Crippen molar-refractivity contribution in [2.45, 2.75) is 38.1 Å². The second-order valence-corrected chi connectivity index (χ2v) is 6.46. The largest absolute Gasteiger partial charge is 0.494 e. The van der Waals surface area contributed by atoms with Crippen molar-refractivity contribution in [3.8, 4) is 5.75 Å². The quantitative estimate of drug-likeness (QED) is 0.513. The number of hydrogen-bond donors (Lipinski definition) is 3. The van der Waals surface area contributed by atoms with Gasteiger partial charge in [-0.25, -0.2) is 4.79 Å². The molecule has 1 aromatic rings. The Morgan fingerprint density at radius 1 is 1.26 bits per heavy atom. The minimum Gasteiger partial charge on any atom is -0.494 e. The number of ether oxygens (including phenoxy) is 1. The van der Waals surface area contributed by atoms with Crippen LogP contribution in [0.25, 0.3) is 0 Å². The van der Waals surface area contributed by atoms with Crippen molar-refractivity contribution in [2.75, 3.05) is 26.3 Å². The van der Waals surface area contributed by atoms with Gasteiger partial charge in [-0.15, -0.1) is 0 Å². The molecule has 8 nitrogen and oxygen atoms in total. The lowest BCUT2D eigenvalue weighted by molar-refractivity contribution is -0.148. The molecule has 8 heteroatoms. The molecule has 1 fully saturated rings. The third-order valence-electron chi connectivity index (χ3n) is 4.38. The Hall–Kier alpha value is -2.61. The minimum atomic E-state index is -1.01. The number of carboxylic acids is 1. The van der Waals surface area contributed by atoms with Gasteiger partial charge < -0.3 is 25.2 Å². The summed E-state index contributed by atoms with van der Waals surface area (Å²) in [7, 11) is 0. The number of aliphatic hydroxyl groups excluding tert-OH is 1. The van der Waals surface area contributed by atoms with Crippen LogP contribution < -0.4 is 10.1 Å². The van der Waals surface area contributed by atoms with E-state index in [1.54, 1.807) is 24.3 Å². The zero-order valence-electron chi connectivity index (χ0n) is 15.2. The first-order valence-electron chi connectivity index (χ1n) is 9.13. The number of carboxylic acid groups (broad SMARTS) is 1. The van der Waals surface area contributed by atoms with E-state index >= 15 is 0 Å². The van der Waals surface area contributed by atoms with Crippen molar-refractivity contribution in [1.82, 2.24) is 10.2 Å². The van der Waals surface area contributed by atoms with Crippen LogP contribution in [0.3, 0.4) is 0 Å². The van der Waals surface area contributed by atoms with E-state index in [-0.39, 0.29) is 31.4 Å². The molecule has 3 N–H and O–H groups in total. The number of hydrogen-bond acceptors (Lipinski definition) is 5.